The molecular weight excluding hydrogens is 318 g/mol. The maximum atomic E-state index is 12.6. The SMILES string of the molecule is CNC[C@H]1Oc2ccc(NS(C)(=O)=O)cc2C(=O)N(C)C[C@@H]1C. The Morgan fingerprint density at radius 3 is 2.70 bits per heavy atom. The minimum absolute atomic E-state index is 0.0805. The van der Waals surface area contributed by atoms with E-state index in [2.05, 4.69) is 10.0 Å². The lowest BCUT2D eigenvalue weighted by molar-refractivity contribution is 0.0637. The van der Waals surface area contributed by atoms with Crippen molar-refractivity contribution in [2.24, 2.45) is 5.92 Å². The molecule has 1 aliphatic heterocycles. The second-order valence-electron chi connectivity index (χ2n) is 5.96. The van der Waals surface area contributed by atoms with Gasteiger partial charge in [-0.3, -0.25) is 9.52 Å². The highest BCUT2D eigenvalue weighted by molar-refractivity contribution is 7.92. The number of benzene rings is 1. The summed E-state index contributed by atoms with van der Waals surface area (Å²) < 4.78 is 31.1. The number of hydrogen-bond donors (Lipinski definition) is 2. The first-order valence-electron chi connectivity index (χ1n) is 7.40. The number of sulfonamides is 1. The Balaban J connectivity index is 2.42. The van der Waals surface area contributed by atoms with Crippen LogP contribution in [0.25, 0.3) is 0 Å². The molecule has 2 N–H and O–H groups in total. The second-order valence-corrected chi connectivity index (χ2v) is 7.71. The van der Waals surface area contributed by atoms with E-state index >= 15 is 0 Å². The van der Waals surface area contributed by atoms with Gasteiger partial charge in [0.1, 0.15) is 11.9 Å². The van der Waals surface area contributed by atoms with Crippen LogP contribution in [0.4, 0.5) is 5.69 Å². The van der Waals surface area contributed by atoms with Crippen molar-refractivity contribution in [2.75, 3.05) is 38.2 Å². The van der Waals surface area contributed by atoms with Crippen LogP contribution in [0.1, 0.15) is 17.3 Å². The Hall–Kier alpha value is -1.80. The lowest BCUT2D eigenvalue weighted by atomic mass is 10.0. The largest absolute Gasteiger partial charge is 0.488 e. The predicted octanol–water partition coefficient (Wildman–Crippen LogP) is 0.747. The summed E-state index contributed by atoms with van der Waals surface area (Å²) in [6, 6.07) is 4.74. The number of nitrogens with zero attached hydrogens (tertiary/aromatic N) is 1. The average Bonchev–Trinajstić information content (AvgIpc) is 2.44. The van der Waals surface area contributed by atoms with Crippen LogP contribution in [-0.2, 0) is 10.0 Å². The number of hydrogen-bond acceptors (Lipinski definition) is 5. The number of fused-ring (bicyclic) bond motifs is 1. The number of likely N-dealkylation sites (N-methyl/N-ethyl adjacent to an activating group) is 1. The predicted molar refractivity (Wildman–Crippen MR) is 89.4 cm³/mol. The van der Waals surface area contributed by atoms with Crippen LogP contribution in [0.3, 0.4) is 0 Å². The normalized spacial score (nSPS) is 21.9. The summed E-state index contributed by atoms with van der Waals surface area (Å²) in [6.45, 7) is 3.26. The Morgan fingerprint density at radius 1 is 1.39 bits per heavy atom. The summed E-state index contributed by atoms with van der Waals surface area (Å²) >= 11 is 0. The number of ether oxygens (including phenoxy) is 1. The quantitative estimate of drug-likeness (QED) is 0.844. The van der Waals surface area contributed by atoms with E-state index in [4.69, 9.17) is 4.74 Å². The zero-order valence-electron chi connectivity index (χ0n) is 13.8. The molecule has 1 aromatic rings. The van der Waals surface area contributed by atoms with E-state index < -0.39 is 10.0 Å². The summed E-state index contributed by atoms with van der Waals surface area (Å²) in [6.07, 6.45) is 0.988. The van der Waals surface area contributed by atoms with Crippen LogP contribution in [-0.4, -0.2) is 58.8 Å². The number of amides is 1. The van der Waals surface area contributed by atoms with Gasteiger partial charge in [0.25, 0.3) is 5.91 Å². The topological polar surface area (TPSA) is 87.7 Å². The van der Waals surface area contributed by atoms with Crippen molar-refractivity contribution < 1.29 is 17.9 Å². The molecule has 0 saturated heterocycles. The summed E-state index contributed by atoms with van der Waals surface area (Å²) in [7, 11) is 0.183. The first kappa shape index (κ1) is 17.6. The van der Waals surface area contributed by atoms with Crippen LogP contribution in [0.2, 0.25) is 0 Å². The zero-order chi connectivity index (χ0) is 17.2. The van der Waals surface area contributed by atoms with Crippen LogP contribution in [0.5, 0.6) is 5.75 Å². The molecule has 23 heavy (non-hydrogen) atoms. The summed E-state index contributed by atoms with van der Waals surface area (Å²) in [5.74, 6) is 0.443. The van der Waals surface area contributed by atoms with E-state index in [1.165, 1.54) is 6.07 Å². The van der Waals surface area contributed by atoms with E-state index in [-0.39, 0.29) is 17.9 Å². The molecule has 2 atom stereocenters. The van der Waals surface area contributed by atoms with Gasteiger partial charge in [-0.05, 0) is 25.2 Å². The Labute approximate surface area is 137 Å². The van der Waals surface area contributed by atoms with Gasteiger partial charge < -0.3 is 15.0 Å². The zero-order valence-corrected chi connectivity index (χ0v) is 14.6. The van der Waals surface area contributed by atoms with Crippen molar-refractivity contribution in [3.05, 3.63) is 23.8 Å². The maximum absolute atomic E-state index is 12.6. The number of carbonyl (C=O) groups is 1. The van der Waals surface area contributed by atoms with E-state index in [0.717, 1.165) is 6.26 Å². The Bertz CT molecular complexity index is 690. The first-order valence-corrected chi connectivity index (χ1v) is 9.29. The molecule has 128 valence electrons. The standard InChI is InChI=1S/C15H23N3O4S/c1-10-9-18(3)15(19)12-7-11(17-23(4,20)21)5-6-13(12)22-14(10)8-16-2/h5-7,10,14,16-17H,8-9H2,1-4H3/t10-,14+/m0/s1. The molecular formula is C15H23N3O4S. The molecule has 0 spiro atoms. The smallest absolute Gasteiger partial charge is 0.257 e. The molecule has 0 bridgehead atoms. The molecule has 1 aliphatic rings. The molecule has 2 rings (SSSR count). The minimum Gasteiger partial charge on any atom is -0.488 e. The Kier molecular flexibility index (Phi) is 5.16. The summed E-state index contributed by atoms with van der Waals surface area (Å²) in [4.78, 5) is 14.2. The minimum atomic E-state index is -3.40. The van der Waals surface area contributed by atoms with Gasteiger partial charge in [0.2, 0.25) is 10.0 Å². The fourth-order valence-electron chi connectivity index (χ4n) is 2.64. The molecule has 0 unspecified atom stereocenters. The van der Waals surface area contributed by atoms with Crippen LogP contribution < -0.4 is 14.8 Å². The molecule has 1 amide bonds. The highest BCUT2D eigenvalue weighted by Gasteiger charge is 2.29. The van der Waals surface area contributed by atoms with Crippen molar-refractivity contribution in [3.63, 3.8) is 0 Å². The van der Waals surface area contributed by atoms with Crippen molar-refractivity contribution in [3.8, 4) is 5.75 Å². The third-order valence-electron chi connectivity index (χ3n) is 3.74. The first-order chi connectivity index (χ1) is 10.7. The maximum Gasteiger partial charge on any atom is 0.257 e. The molecule has 8 heteroatoms. The molecule has 0 aromatic heterocycles. The summed E-state index contributed by atoms with van der Waals surface area (Å²) in [5, 5.41) is 3.10. The van der Waals surface area contributed by atoms with Gasteiger partial charge in [-0.15, -0.1) is 0 Å². The molecule has 0 saturated carbocycles. The molecule has 7 nitrogen and oxygen atoms in total. The van der Waals surface area contributed by atoms with Gasteiger partial charge in [-0.1, -0.05) is 6.92 Å². The van der Waals surface area contributed by atoms with Crippen LogP contribution in [0, 0.1) is 5.92 Å². The molecule has 0 fully saturated rings. The number of rotatable bonds is 4. The van der Waals surface area contributed by atoms with Gasteiger partial charge in [-0.2, -0.15) is 0 Å². The van der Waals surface area contributed by atoms with Gasteiger partial charge in [0.15, 0.2) is 0 Å². The van der Waals surface area contributed by atoms with Crippen molar-refractivity contribution >= 4 is 21.6 Å². The van der Waals surface area contributed by atoms with Crippen molar-refractivity contribution in [2.45, 2.75) is 13.0 Å². The van der Waals surface area contributed by atoms with Crippen molar-refractivity contribution in [1.82, 2.24) is 10.2 Å². The lowest BCUT2D eigenvalue weighted by Crippen LogP contribution is -2.44. The monoisotopic (exact) mass is 341 g/mol. The van der Waals surface area contributed by atoms with Crippen LogP contribution >= 0.6 is 0 Å². The van der Waals surface area contributed by atoms with Gasteiger partial charge in [0, 0.05) is 31.7 Å². The molecule has 1 aromatic carbocycles. The van der Waals surface area contributed by atoms with Gasteiger partial charge in [0.05, 0.1) is 11.8 Å². The Morgan fingerprint density at radius 2 is 2.09 bits per heavy atom. The third-order valence-corrected chi connectivity index (χ3v) is 4.35. The highest BCUT2D eigenvalue weighted by Crippen LogP contribution is 2.29. The van der Waals surface area contributed by atoms with Crippen LogP contribution in [0.15, 0.2) is 18.2 Å². The van der Waals surface area contributed by atoms with E-state index in [1.54, 1.807) is 24.1 Å². The number of nitrogens with one attached hydrogen (secondary N) is 2. The highest BCUT2D eigenvalue weighted by atomic mass is 32.2. The van der Waals surface area contributed by atoms with E-state index in [0.29, 0.717) is 30.1 Å². The fraction of sp³-hybridized carbons (Fsp3) is 0.533. The average molecular weight is 341 g/mol. The fourth-order valence-corrected chi connectivity index (χ4v) is 3.19. The number of anilines is 1. The van der Waals surface area contributed by atoms with Gasteiger partial charge >= 0.3 is 0 Å². The third kappa shape index (κ3) is 4.35. The van der Waals surface area contributed by atoms with Crippen molar-refractivity contribution in [1.29, 1.82) is 0 Å². The summed E-state index contributed by atoms with van der Waals surface area (Å²) in [5.41, 5.74) is 0.699. The molecule has 1 heterocycles. The molecule has 0 aliphatic carbocycles. The van der Waals surface area contributed by atoms with E-state index in [9.17, 15) is 13.2 Å². The number of carbonyl (C=O) groups excluding carboxylic acids is 1. The lowest BCUT2D eigenvalue weighted by Gasteiger charge is -2.32. The molecule has 0 radical (unpaired) electrons. The van der Waals surface area contributed by atoms with E-state index in [1.807, 2.05) is 14.0 Å². The van der Waals surface area contributed by atoms with Gasteiger partial charge in [-0.25, -0.2) is 8.42 Å². The second kappa shape index (κ2) is 6.76.